The molecular formula is C33H40N4O8S2. The largest absolute Gasteiger partial charge is 0.748 e. The van der Waals surface area contributed by atoms with E-state index in [9.17, 15) is 27.4 Å². The number of carbonyl (C=O) groups excluding carboxylic acids is 3. The molecule has 2 aliphatic heterocycles. The number of Topliss-reactive ketones (excluding diaryl/α,β-unsaturated/α-hetero) is 1. The molecule has 12 nitrogen and oxygen atoms in total. The molecular weight excluding hydrogens is 645 g/mol. The second-order valence-electron chi connectivity index (χ2n) is 10.4. The number of amides is 1. The predicted molar refractivity (Wildman–Crippen MR) is 182 cm³/mol. The smallest absolute Gasteiger partial charge is 0.326 e. The number of ketones is 1. The van der Waals surface area contributed by atoms with Gasteiger partial charge >= 0.3 is 5.97 Å². The van der Waals surface area contributed by atoms with Gasteiger partial charge in [0.05, 0.1) is 21.5 Å². The van der Waals surface area contributed by atoms with Crippen molar-refractivity contribution in [3.05, 3.63) is 78.3 Å². The Balaban J connectivity index is 0.000000771. The normalized spacial score (nSPS) is 15.7. The van der Waals surface area contributed by atoms with E-state index >= 15 is 0 Å². The van der Waals surface area contributed by atoms with Crippen molar-refractivity contribution in [3.8, 4) is 5.75 Å². The summed E-state index contributed by atoms with van der Waals surface area (Å²) in [7, 11) is -4.32. The van der Waals surface area contributed by atoms with Gasteiger partial charge in [-0.05, 0) is 76.2 Å². The number of esters is 1. The lowest BCUT2D eigenvalue weighted by molar-refractivity contribution is -0.516. The van der Waals surface area contributed by atoms with E-state index < -0.39 is 40.9 Å². The molecule has 0 atom stereocenters. The highest BCUT2D eigenvalue weighted by molar-refractivity contribution is 7.85. The highest BCUT2D eigenvalue weighted by Gasteiger charge is 2.40. The molecule has 1 amide bonds. The topological polar surface area (TPSA) is 140 Å². The van der Waals surface area contributed by atoms with Crippen LogP contribution < -0.4 is 14.5 Å². The summed E-state index contributed by atoms with van der Waals surface area (Å²) < 4.78 is 46.2. The number of carbonyl (C=O) groups is 3. The second kappa shape index (κ2) is 17.5. The van der Waals surface area contributed by atoms with Gasteiger partial charge in [0.2, 0.25) is 5.88 Å². The molecule has 2 aliphatic rings. The van der Waals surface area contributed by atoms with Crippen molar-refractivity contribution < 1.29 is 41.4 Å². The summed E-state index contributed by atoms with van der Waals surface area (Å²) in [6.45, 7) is 9.49. The third-order valence-corrected chi connectivity index (χ3v) is 8.29. The number of hydrogen-bond donors (Lipinski definition) is 0. The first-order chi connectivity index (χ1) is 22.4. The molecule has 2 heterocycles. The number of ether oxygens (including phenoxy) is 2. The zero-order valence-corrected chi connectivity index (χ0v) is 28.6. The van der Waals surface area contributed by atoms with Crippen molar-refractivity contribution in [2.24, 2.45) is 0 Å². The summed E-state index contributed by atoms with van der Waals surface area (Å²) in [6, 6.07) is 15.9. The molecule has 1 saturated heterocycles. The van der Waals surface area contributed by atoms with Crippen LogP contribution in [0.3, 0.4) is 0 Å². The van der Waals surface area contributed by atoms with Gasteiger partial charge in [0.15, 0.2) is 16.6 Å². The van der Waals surface area contributed by atoms with Crippen molar-refractivity contribution >= 4 is 62.7 Å². The molecule has 0 aromatic heterocycles. The monoisotopic (exact) mass is 684 g/mol. The Morgan fingerprint density at radius 2 is 1.66 bits per heavy atom. The second-order valence-corrected chi connectivity index (χ2v) is 12.3. The van der Waals surface area contributed by atoms with Crippen LogP contribution in [0.4, 0.5) is 11.4 Å². The Morgan fingerprint density at radius 3 is 2.26 bits per heavy atom. The average molecular weight is 685 g/mol. The molecule has 2 aromatic rings. The minimum Gasteiger partial charge on any atom is -0.748 e. The van der Waals surface area contributed by atoms with E-state index in [4.69, 9.17) is 21.7 Å². The summed E-state index contributed by atoms with van der Waals surface area (Å²) in [5.41, 5.74) is 1.33. The van der Waals surface area contributed by atoms with Gasteiger partial charge < -0.3 is 23.8 Å². The number of para-hydroxylation sites is 3. The number of rotatable bonds is 13. The van der Waals surface area contributed by atoms with Crippen molar-refractivity contribution in [2.45, 2.75) is 40.5 Å². The fourth-order valence-corrected chi connectivity index (χ4v) is 5.62. The molecule has 47 heavy (non-hydrogen) atoms. The van der Waals surface area contributed by atoms with Crippen LogP contribution in [0, 0.1) is 0 Å². The SMILES string of the molecule is CC(=O)COC(=O)CN1C(=S)N(c2ccccc2)C(=O)/C1=C\C=C1/Oc2ccccc2N1CCCCS(=O)(=O)[O-].CC=[N+](CC)CC. The number of anilines is 2. The third kappa shape index (κ3) is 10.6. The lowest BCUT2D eigenvalue weighted by Gasteiger charge is -2.19. The first-order valence-corrected chi connectivity index (χ1v) is 17.2. The minimum absolute atomic E-state index is 0.0620. The third-order valence-electron chi connectivity index (χ3n) is 7.10. The number of nitrogens with zero attached hydrogens (tertiary/aromatic N) is 4. The van der Waals surface area contributed by atoms with Crippen molar-refractivity contribution in [1.82, 2.24) is 4.90 Å². The lowest BCUT2D eigenvalue weighted by Crippen LogP contribution is -2.36. The standard InChI is InChI=1S/C27H27N3O8S2.C6H14N/c1-19(31)18-37-25(32)17-29-22(26(33)30(27(29)39)20-9-3-2-4-10-20)13-14-24-28(15-7-8-16-40(34,35)36)21-11-5-6-12-23(21)38-24;1-4-7(5-2)6-3/h2-6,9-14H,7-8,15-18H2,1H3,(H,34,35,36);4H,5-6H2,1-3H3/q;+1/p-1/b22-13+,24-14-;. The van der Waals surface area contributed by atoms with Gasteiger partial charge in [0.25, 0.3) is 5.91 Å². The summed E-state index contributed by atoms with van der Waals surface area (Å²) >= 11 is 5.56. The van der Waals surface area contributed by atoms with Gasteiger partial charge in [-0.2, -0.15) is 0 Å². The number of allylic oxidation sites excluding steroid dienone is 2. The van der Waals surface area contributed by atoms with Gasteiger partial charge in [-0.25, -0.2) is 13.0 Å². The van der Waals surface area contributed by atoms with Crippen molar-refractivity contribution in [3.63, 3.8) is 0 Å². The Bertz CT molecular complexity index is 1650. The Hall–Kier alpha value is -4.40. The van der Waals surface area contributed by atoms with Gasteiger partial charge in [-0.3, -0.25) is 19.3 Å². The molecule has 0 unspecified atom stereocenters. The van der Waals surface area contributed by atoms with E-state index in [1.807, 2.05) is 17.0 Å². The van der Waals surface area contributed by atoms with Crippen molar-refractivity contribution in [1.29, 1.82) is 0 Å². The molecule has 1 fully saturated rings. The van der Waals surface area contributed by atoms with Crippen LogP contribution in [0.25, 0.3) is 0 Å². The van der Waals surface area contributed by atoms with Crippen LogP contribution in [-0.2, 0) is 29.2 Å². The molecule has 14 heteroatoms. The summed E-state index contributed by atoms with van der Waals surface area (Å²) in [5.74, 6) is -1.09. The van der Waals surface area contributed by atoms with E-state index in [2.05, 4.69) is 31.6 Å². The molecule has 4 rings (SSSR count). The Kier molecular flexibility index (Phi) is 13.8. The maximum Gasteiger partial charge on any atom is 0.326 e. The summed E-state index contributed by atoms with van der Waals surface area (Å²) in [6.07, 6.45) is 5.72. The first kappa shape index (κ1) is 37.1. The maximum absolute atomic E-state index is 13.5. The number of fused-ring (bicyclic) bond motifs is 1. The lowest BCUT2D eigenvalue weighted by atomic mass is 10.2. The predicted octanol–water partition coefficient (Wildman–Crippen LogP) is 3.83. The number of hydrogen-bond acceptors (Lipinski definition) is 10. The molecule has 252 valence electrons. The van der Waals surface area contributed by atoms with Crippen LogP contribution >= 0.6 is 12.2 Å². The first-order valence-electron chi connectivity index (χ1n) is 15.2. The van der Waals surface area contributed by atoms with Crippen LogP contribution in [0.15, 0.2) is 78.3 Å². The van der Waals surface area contributed by atoms with Gasteiger partial charge in [0, 0.05) is 25.3 Å². The Labute approximate surface area is 281 Å². The van der Waals surface area contributed by atoms with Crippen LogP contribution in [0.1, 0.15) is 40.5 Å². The van der Waals surface area contributed by atoms with Crippen molar-refractivity contribution in [2.75, 3.05) is 48.3 Å². The fourth-order valence-electron chi connectivity index (χ4n) is 4.71. The maximum atomic E-state index is 13.5. The van der Waals surface area contributed by atoms with Crippen LogP contribution in [0.2, 0.25) is 0 Å². The highest BCUT2D eigenvalue weighted by Crippen LogP contribution is 2.39. The fraction of sp³-hybridized carbons (Fsp3) is 0.364. The van der Waals surface area contributed by atoms with E-state index in [1.54, 1.807) is 48.5 Å². The van der Waals surface area contributed by atoms with E-state index in [0.717, 1.165) is 18.8 Å². The quantitative estimate of drug-likeness (QED) is 0.0579. The zero-order chi connectivity index (χ0) is 34.6. The van der Waals surface area contributed by atoms with Gasteiger partial charge in [-0.15, -0.1) is 0 Å². The summed E-state index contributed by atoms with van der Waals surface area (Å²) in [5, 5.41) is 0.0620. The van der Waals surface area contributed by atoms with E-state index in [-0.39, 0.29) is 23.0 Å². The van der Waals surface area contributed by atoms with Gasteiger partial charge in [0.1, 0.15) is 38.2 Å². The molecule has 2 aromatic carbocycles. The number of benzene rings is 2. The van der Waals surface area contributed by atoms with E-state index in [1.165, 1.54) is 22.8 Å². The highest BCUT2D eigenvalue weighted by atomic mass is 32.2. The molecule has 0 spiro atoms. The number of thiocarbonyl (C=S) groups is 1. The minimum atomic E-state index is -4.32. The molecule has 0 aliphatic carbocycles. The van der Waals surface area contributed by atoms with Crippen LogP contribution in [-0.4, -0.2) is 90.0 Å². The molecule has 0 bridgehead atoms. The summed E-state index contributed by atoms with van der Waals surface area (Å²) in [4.78, 5) is 41.7. The average Bonchev–Trinajstić information content (AvgIpc) is 3.51. The number of unbranched alkanes of at least 4 members (excludes halogenated alkanes) is 1. The molecule has 0 radical (unpaired) electrons. The van der Waals surface area contributed by atoms with Gasteiger partial charge in [-0.1, -0.05) is 30.3 Å². The molecule has 0 saturated carbocycles. The van der Waals surface area contributed by atoms with E-state index in [0.29, 0.717) is 30.3 Å². The molecule has 0 N–H and O–H groups in total. The van der Waals surface area contributed by atoms with Crippen LogP contribution in [0.5, 0.6) is 5.75 Å². The Morgan fingerprint density at radius 1 is 1.00 bits per heavy atom. The zero-order valence-electron chi connectivity index (χ0n) is 27.0.